The van der Waals surface area contributed by atoms with Gasteiger partial charge in [-0.1, -0.05) is 11.6 Å². The molecule has 0 heterocycles. The van der Waals surface area contributed by atoms with E-state index >= 15 is 0 Å². The molecule has 0 fully saturated rings. The molecule has 0 aliphatic heterocycles. The van der Waals surface area contributed by atoms with E-state index < -0.39 is 35.6 Å². The van der Waals surface area contributed by atoms with Crippen molar-refractivity contribution >= 4 is 23.1 Å². The molecule has 0 amide bonds. The molecule has 0 saturated heterocycles. The van der Waals surface area contributed by atoms with Crippen LogP contribution in [0.1, 0.15) is 5.56 Å². The molecule has 0 aromatic heterocycles. The Labute approximate surface area is 123 Å². The second-order valence-corrected chi connectivity index (χ2v) is 4.48. The number of benzene rings is 1. The molecule has 0 spiro atoms. The molecule has 0 saturated carbocycles. The zero-order chi connectivity index (χ0) is 17.3. The van der Waals surface area contributed by atoms with Crippen molar-refractivity contribution in [3.05, 3.63) is 40.9 Å². The largest absolute Gasteiger partial charge is 0.507 e. The average Bonchev–Trinajstić information content (AvgIpc) is 2.37. The lowest BCUT2D eigenvalue weighted by Gasteiger charge is -2.26. The fourth-order valence-electron chi connectivity index (χ4n) is 1.25. The van der Waals surface area contributed by atoms with Gasteiger partial charge in [0.2, 0.25) is 5.78 Å². The van der Waals surface area contributed by atoms with E-state index in [0.29, 0.717) is 0 Å². The van der Waals surface area contributed by atoms with Gasteiger partial charge in [-0.15, -0.1) is 0 Å². The highest BCUT2D eigenvalue weighted by atomic mass is 35.5. The minimum atomic E-state index is -6.63. The molecule has 122 valence electrons. The number of ketones is 1. The summed E-state index contributed by atoms with van der Waals surface area (Å²) in [7, 11) is 0. The van der Waals surface area contributed by atoms with Crippen molar-refractivity contribution < 1.29 is 40.6 Å². The van der Waals surface area contributed by atoms with Crippen molar-refractivity contribution in [1.82, 2.24) is 0 Å². The van der Waals surface area contributed by atoms with Crippen molar-refractivity contribution in [2.45, 2.75) is 18.0 Å². The van der Waals surface area contributed by atoms with Gasteiger partial charge in [0.25, 0.3) is 0 Å². The highest BCUT2D eigenvalue weighted by Crippen LogP contribution is 2.47. The summed E-state index contributed by atoms with van der Waals surface area (Å²) in [6.45, 7) is 0. The predicted molar refractivity (Wildman–Crippen MR) is 63.0 cm³/mol. The quantitative estimate of drug-likeness (QED) is 0.488. The van der Waals surface area contributed by atoms with Gasteiger partial charge >= 0.3 is 18.0 Å². The topological polar surface area (TPSA) is 37.3 Å². The summed E-state index contributed by atoms with van der Waals surface area (Å²) in [6, 6.07) is 4.44. The van der Waals surface area contributed by atoms with E-state index in [2.05, 4.69) is 0 Å². The number of allylic oxidation sites excluding steroid dienone is 1. The van der Waals surface area contributed by atoms with E-state index in [1.807, 2.05) is 0 Å². The molecule has 0 aliphatic carbocycles. The lowest BCUT2D eigenvalue weighted by Crippen LogP contribution is -2.55. The molecule has 22 heavy (non-hydrogen) atoms. The number of alkyl halides is 7. The van der Waals surface area contributed by atoms with Gasteiger partial charge in [-0.3, -0.25) is 4.79 Å². The first-order chi connectivity index (χ1) is 9.80. The number of aliphatic hydroxyl groups is 1. The van der Waals surface area contributed by atoms with Crippen molar-refractivity contribution in [2.75, 3.05) is 0 Å². The predicted octanol–water partition coefficient (Wildman–Crippen LogP) is 4.64. The van der Waals surface area contributed by atoms with Crippen molar-refractivity contribution in [1.29, 1.82) is 0 Å². The van der Waals surface area contributed by atoms with Crippen molar-refractivity contribution in [3.63, 3.8) is 0 Å². The van der Waals surface area contributed by atoms with Gasteiger partial charge in [0, 0.05) is 16.7 Å². The third kappa shape index (κ3) is 3.34. The van der Waals surface area contributed by atoms with Gasteiger partial charge in [0.15, 0.2) is 0 Å². The summed E-state index contributed by atoms with van der Waals surface area (Å²) in [5.41, 5.74) is -0.274. The van der Waals surface area contributed by atoms with Crippen molar-refractivity contribution in [2.24, 2.45) is 0 Å². The molecule has 2 nitrogen and oxygen atoms in total. The van der Waals surface area contributed by atoms with E-state index in [9.17, 15) is 40.6 Å². The van der Waals surface area contributed by atoms with E-state index in [4.69, 9.17) is 11.6 Å². The Hall–Kier alpha value is -1.77. The summed E-state index contributed by atoms with van der Waals surface area (Å²) >= 11 is 5.49. The van der Waals surface area contributed by atoms with Crippen LogP contribution < -0.4 is 0 Å². The molecular weight excluding hydrogens is 345 g/mol. The minimum absolute atomic E-state index is 0.178. The van der Waals surface area contributed by atoms with Crippen LogP contribution in [0.2, 0.25) is 5.02 Å². The first kappa shape index (κ1) is 18.3. The normalized spacial score (nSPS) is 14.1. The maximum atomic E-state index is 13.0. The highest BCUT2D eigenvalue weighted by molar-refractivity contribution is 6.30. The Balaban J connectivity index is 3.14. The summed E-state index contributed by atoms with van der Waals surface area (Å²) in [5.74, 6) is -16.7. The van der Waals surface area contributed by atoms with E-state index in [1.54, 1.807) is 0 Å². The SMILES string of the molecule is O=C(C=C(O)c1ccc(Cl)cc1)C(F)(F)C(F)(F)C(F)(F)F. The zero-order valence-corrected chi connectivity index (χ0v) is 11.0. The average molecular weight is 351 g/mol. The Kier molecular flexibility index (Phi) is 4.81. The maximum Gasteiger partial charge on any atom is 0.460 e. The van der Waals surface area contributed by atoms with Crippen LogP contribution in [0.25, 0.3) is 5.76 Å². The molecule has 0 radical (unpaired) electrons. The van der Waals surface area contributed by atoms with Crippen LogP contribution in [0.5, 0.6) is 0 Å². The van der Waals surface area contributed by atoms with Crippen molar-refractivity contribution in [3.8, 4) is 0 Å². The lowest BCUT2D eigenvalue weighted by molar-refractivity contribution is -0.342. The first-order valence-corrected chi connectivity index (χ1v) is 5.72. The molecule has 0 bridgehead atoms. The number of carbonyl (C=O) groups excluding carboxylic acids is 1. The number of rotatable bonds is 4. The molecule has 1 rings (SSSR count). The van der Waals surface area contributed by atoms with Gasteiger partial charge in [-0.2, -0.15) is 30.7 Å². The van der Waals surface area contributed by atoms with E-state index in [0.717, 1.165) is 12.1 Å². The summed E-state index contributed by atoms with van der Waals surface area (Å²) in [5, 5.41) is 9.53. The second kappa shape index (κ2) is 5.79. The molecule has 0 unspecified atom stereocenters. The van der Waals surface area contributed by atoms with Crippen LogP contribution in [0.3, 0.4) is 0 Å². The molecule has 0 atom stereocenters. The molecular formula is C12H6ClF7O2. The Morgan fingerprint density at radius 2 is 1.45 bits per heavy atom. The molecule has 1 aromatic carbocycles. The van der Waals surface area contributed by atoms with Crippen LogP contribution in [0, 0.1) is 0 Å². The Morgan fingerprint density at radius 1 is 1.00 bits per heavy atom. The first-order valence-electron chi connectivity index (χ1n) is 5.34. The third-order valence-corrected chi connectivity index (χ3v) is 2.72. The van der Waals surface area contributed by atoms with Gasteiger partial charge in [0.1, 0.15) is 5.76 Å². The fraction of sp³-hybridized carbons (Fsp3) is 0.250. The van der Waals surface area contributed by atoms with Crippen LogP contribution in [0.15, 0.2) is 30.3 Å². The molecule has 10 heteroatoms. The summed E-state index contributed by atoms with van der Waals surface area (Å²) in [4.78, 5) is 11.0. The standard InChI is InChI=1S/C12H6ClF7O2/c13-7-3-1-6(2-4-7)8(21)5-9(22)10(14,15)11(16,17)12(18,19)20/h1-5,21H. The number of hydrogen-bond acceptors (Lipinski definition) is 2. The summed E-state index contributed by atoms with van der Waals surface area (Å²) in [6.07, 6.45) is -7.03. The van der Waals surface area contributed by atoms with Gasteiger partial charge in [-0.05, 0) is 24.3 Å². The van der Waals surface area contributed by atoms with Crippen LogP contribution >= 0.6 is 11.6 Å². The summed E-state index contributed by atoms with van der Waals surface area (Å²) < 4.78 is 87.1. The van der Waals surface area contributed by atoms with Gasteiger partial charge < -0.3 is 5.11 Å². The number of aliphatic hydroxyl groups excluding tert-OH is 1. The number of halogens is 8. The monoisotopic (exact) mass is 350 g/mol. The molecule has 0 aliphatic rings. The molecule has 1 N–H and O–H groups in total. The Bertz CT molecular complexity index is 590. The van der Waals surface area contributed by atoms with E-state index in [-0.39, 0.29) is 10.6 Å². The molecule has 1 aromatic rings. The lowest BCUT2D eigenvalue weighted by atomic mass is 10.0. The van der Waals surface area contributed by atoms with Gasteiger partial charge in [0.05, 0.1) is 0 Å². The smallest absolute Gasteiger partial charge is 0.460 e. The Morgan fingerprint density at radius 3 is 1.86 bits per heavy atom. The number of hydrogen-bond donors (Lipinski definition) is 1. The zero-order valence-electron chi connectivity index (χ0n) is 10.3. The van der Waals surface area contributed by atoms with Gasteiger partial charge in [-0.25, -0.2) is 0 Å². The fourth-order valence-corrected chi connectivity index (χ4v) is 1.38. The van der Waals surface area contributed by atoms with Crippen LogP contribution in [-0.4, -0.2) is 28.9 Å². The maximum absolute atomic E-state index is 13.0. The van der Waals surface area contributed by atoms with Crippen LogP contribution in [0.4, 0.5) is 30.7 Å². The van der Waals surface area contributed by atoms with Crippen LogP contribution in [-0.2, 0) is 4.79 Å². The minimum Gasteiger partial charge on any atom is -0.507 e. The van der Waals surface area contributed by atoms with E-state index in [1.165, 1.54) is 12.1 Å². The number of carbonyl (C=O) groups is 1. The third-order valence-electron chi connectivity index (χ3n) is 2.47. The highest BCUT2D eigenvalue weighted by Gasteiger charge is 2.75. The second-order valence-electron chi connectivity index (χ2n) is 4.05.